The van der Waals surface area contributed by atoms with Gasteiger partial charge in [-0.05, 0) is 39.1 Å². The largest absolute Gasteiger partial charge is 0.492 e. The summed E-state index contributed by atoms with van der Waals surface area (Å²) in [5.74, 6) is 0.660. The van der Waals surface area contributed by atoms with E-state index in [9.17, 15) is 4.79 Å². The number of benzene rings is 1. The summed E-state index contributed by atoms with van der Waals surface area (Å²) < 4.78 is 5.40. The Morgan fingerprint density at radius 1 is 1.36 bits per heavy atom. The third-order valence-electron chi connectivity index (χ3n) is 3.87. The zero-order valence-electron chi connectivity index (χ0n) is 13.6. The summed E-state index contributed by atoms with van der Waals surface area (Å²) in [7, 11) is 2.11. The van der Waals surface area contributed by atoms with Gasteiger partial charge in [0, 0.05) is 31.7 Å². The van der Waals surface area contributed by atoms with Crippen LogP contribution in [0.2, 0.25) is 0 Å². The standard InChI is InChI=1S/C16H26N4O2/c1-4-22-15-6-5-13(11-14(15)17)16(21)12(2)18-20-9-7-19(3)8-10-20/h5-6,11-12,18H,4,7-10,17H2,1-3H3. The minimum Gasteiger partial charge on any atom is -0.492 e. The van der Waals surface area contributed by atoms with Gasteiger partial charge < -0.3 is 15.4 Å². The van der Waals surface area contributed by atoms with Gasteiger partial charge in [0.05, 0.1) is 18.3 Å². The number of nitrogens with two attached hydrogens (primary N) is 1. The lowest BCUT2D eigenvalue weighted by molar-refractivity contribution is 0.0718. The van der Waals surface area contributed by atoms with Crippen molar-refractivity contribution in [3.63, 3.8) is 0 Å². The fraction of sp³-hybridized carbons (Fsp3) is 0.562. The van der Waals surface area contributed by atoms with Crippen molar-refractivity contribution in [1.29, 1.82) is 0 Å². The first-order valence-corrected chi connectivity index (χ1v) is 7.77. The van der Waals surface area contributed by atoms with Crippen LogP contribution in [-0.4, -0.2) is 61.6 Å². The second-order valence-corrected chi connectivity index (χ2v) is 5.69. The van der Waals surface area contributed by atoms with E-state index >= 15 is 0 Å². The molecule has 22 heavy (non-hydrogen) atoms. The zero-order chi connectivity index (χ0) is 16.1. The highest BCUT2D eigenvalue weighted by Crippen LogP contribution is 2.23. The molecule has 1 atom stereocenters. The second-order valence-electron chi connectivity index (χ2n) is 5.69. The normalized spacial score (nSPS) is 18.1. The van der Waals surface area contributed by atoms with Gasteiger partial charge in [-0.1, -0.05) is 0 Å². The molecule has 1 fully saturated rings. The molecule has 0 spiro atoms. The van der Waals surface area contributed by atoms with Crippen molar-refractivity contribution in [2.45, 2.75) is 19.9 Å². The summed E-state index contributed by atoms with van der Waals surface area (Å²) >= 11 is 0. The van der Waals surface area contributed by atoms with E-state index in [4.69, 9.17) is 10.5 Å². The van der Waals surface area contributed by atoms with Gasteiger partial charge in [-0.25, -0.2) is 10.4 Å². The molecule has 6 heteroatoms. The fourth-order valence-corrected chi connectivity index (χ4v) is 2.51. The van der Waals surface area contributed by atoms with Crippen molar-refractivity contribution in [1.82, 2.24) is 15.3 Å². The molecule has 2 rings (SSSR count). The summed E-state index contributed by atoms with van der Waals surface area (Å²) in [5, 5.41) is 2.11. The van der Waals surface area contributed by atoms with Gasteiger partial charge in [0.2, 0.25) is 0 Å². The first kappa shape index (κ1) is 16.7. The quantitative estimate of drug-likeness (QED) is 0.603. The molecule has 1 aromatic rings. The highest BCUT2D eigenvalue weighted by Gasteiger charge is 2.21. The van der Waals surface area contributed by atoms with E-state index in [0.717, 1.165) is 26.2 Å². The van der Waals surface area contributed by atoms with Gasteiger partial charge >= 0.3 is 0 Å². The number of piperazine rings is 1. The highest BCUT2D eigenvalue weighted by molar-refractivity contribution is 6.00. The molecule has 0 bridgehead atoms. The van der Waals surface area contributed by atoms with E-state index < -0.39 is 0 Å². The number of anilines is 1. The Morgan fingerprint density at radius 3 is 2.64 bits per heavy atom. The van der Waals surface area contributed by atoms with E-state index in [1.807, 2.05) is 13.8 Å². The van der Waals surface area contributed by atoms with Crippen molar-refractivity contribution in [2.75, 3.05) is 45.6 Å². The zero-order valence-corrected chi connectivity index (χ0v) is 13.6. The van der Waals surface area contributed by atoms with Gasteiger partial charge in [-0.2, -0.15) is 0 Å². The highest BCUT2D eigenvalue weighted by atomic mass is 16.5. The number of rotatable bonds is 6. The van der Waals surface area contributed by atoms with Crippen LogP contribution < -0.4 is 15.9 Å². The second kappa shape index (κ2) is 7.58. The lowest BCUT2D eigenvalue weighted by atomic mass is 10.0. The smallest absolute Gasteiger partial charge is 0.180 e. The molecular formula is C16H26N4O2. The van der Waals surface area contributed by atoms with Crippen LogP contribution in [0, 0.1) is 0 Å². The Balaban J connectivity index is 1.96. The predicted octanol–water partition coefficient (Wildman–Crippen LogP) is 0.991. The van der Waals surface area contributed by atoms with Gasteiger partial charge in [0.25, 0.3) is 0 Å². The van der Waals surface area contributed by atoms with E-state index in [2.05, 4.69) is 22.4 Å². The minimum absolute atomic E-state index is 0.0358. The van der Waals surface area contributed by atoms with Crippen LogP contribution >= 0.6 is 0 Å². The van der Waals surface area contributed by atoms with Crippen LogP contribution in [-0.2, 0) is 0 Å². The maximum absolute atomic E-state index is 12.5. The number of carbonyl (C=O) groups is 1. The molecule has 122 valence electrons. The van der Waals surface area contributed by atoms with Crippen molar-refractivity contribution in [3.8, 4) is 5.75 Å². The van der Waals surface area contributed by atoms with Gasteiger partial charge in [-0.3, -0.25) is 4.79 Å². The molecule has 0 aliphatic carbocycles. The van der Waals surface area contributed by atoms with E-state index in [1.165, 1.54) is 0 Å². The SMILES string of the molecule is CCOc1ccc(C(=O)C(C)NN2CCN(C)CC2)cc1N. The first-order valence-electron chi connectivity index (χ1n) is 7.77. The maximum Gasteiger partial charge on any atom is 0.180 e. The average molecular weight is 306 g/mol. The van der Waals surface area contributed by atoms with Crippen LogP contribution in [0.5, 0.6) is 5.75 Å². The number of carbonyl (C=O) groups excluding carboxylic acids is 1. The van der Waals surface area contributed by atoms with Crippen LogP contribution in [0.4, 0.5) is 5.69 Å². The van der Waals surface area contributed by atoms with Crippen molar-refractivity contribution >= 4 is 11.5 Å². The minimum atomic E-state index is -0.277. The van der Waals surface area contributed by atoms with Gasteiger partial charge in [-0.15, -0.1) is 0 Å². The third-order valence-corrected chi connectivity index (χ3v) is 3.87. The number of hydrogen-bond acceptors (Lipinski definition) is 6. The molecule has 1 aliphatic rings. The van der Waals surface area contributed by atoms with Crippen molar-refractivity contribution in [3.05, 3.63) is 23.8 Å². The lowest BCUT2D eigenvalue weighted by Crippen LogP contribution is -2.54. The van der Waals surface area contributed by atoms with Crippen molar-refractivity contribution < 1.29 is 9.53 Å². The Bertz CT molecular complexity index is 513. The molecule has 0 saturated carbocycles. The maximum atomic E-state index is 12.5. The molecule has 1 saturated heterocycles. The summed E-state index contributed by atoms with van der Waals surface area (Å²) in [6.07, 6.45) is 0. The van der Waals surface area contributed by atoms with Crippen LogP contribution in [0.1, 0.15) is 24.2 Å². The molecule has 1 heterocycles. The van der Waals surface area contributed by atoms with E-state index in [0.29, 0.717) is 23.6 Å². The van der Waals surface area contributed by atoms with Gasteiger partial charge in [0.15, 0.2) is 5.78 Å². The molecule has 0 aromatic heterocycles. The average Bonchev–Trinajstić information content (AvgIpc) is 2.51. The third kappa shape index (κ3) is 4.19. The molecular weight excluding hydrogens is 280 g/mol. The van der Waals surface area contributed by atoms with E-state index in [1.54, 1.807) is 18.2 Å². The summed E-state index contributed by atoms with van der Waals surface area (Å²) in [5.41, 5.74) is 10.3. The number of hydrogen-bond donors (Lipinski definition) is 2. The molecule has 0 radical (unpaired) electrons. The van der Waals surface area contributed by atoms with Crippen LogP contribution in [0.15, 0.2) is 18.2 Å². The van der Waals surface area contributed by atoms with Gasteiger partial charge in [0.1, 0.15) is 5.75 Å². The Hall–Kier alpha value is -1.63. The summed E-state index contributed by atoms with van der Waals surface area (Å²) in [6.45, 7) is 8.18. The van der Waals surface area contributed by atoms with E-state index in [-0.39, 0.29) is 11.8 Å². The monoisotopic (exact) mass is 306 g/mol. The van der Waals surface area contributed by atoms with Crippen LogP contribution in [0.3, 0.4) is 0 Å². The number of ether oxygens (including phenoxy) is 1. The first-order chi connectivity index (χ1) is 10.5. The Labute approximate surface area is 132 Å². The topological polar surface area (TPSA) is 70.8 Å². The Morgan fingerprint density at radius 2 is 2.05 bits per heavy atom. The number of hydrazine groups is 1. The summed E-state index contributed by atoms with van der Waals surface area (Å²) in [4.78, 5) is 14.8. The van der Waals surface area contributed by atoms with Crippen molar-refractivity contribution in [2.24, 2.45) is 0 Å². The molecule has 3 N–H and O–H groups in total. The fourth-order valence-electron chi connectivity index (χ4n) is 2.51. The molecule has 6 nitrogen and oxygen atoms in total. The number of nitrogens with zero attached hydrogens (tertiary/aromatic N) is 2. The molecule has 1 aliphatic heterocycles. The predicted molar refractivity (Wildman–Crippen MR) is 88.0 cm³/mol. The molecule has 1 unspecified atom stereocenters. The number of likely N-dealkylation sites (N-methyl/N-ethyl adjacent to an activating group) is 1. The number of ketones is 1. The van der Waals surface area contributed by atoms with Crippen LogP contribution in [0.25, 0.3) is 0 Å². The molecule has 1 aromatic carbocycles. The Kier molecular flexibility index (Phi) is 5.76. The number of nitrogens with one attached hydrogen (secondary N) is 1. The number of nitrogen functional groups attached to an aromatic ring is 1. The number of Topliss-reactive ketones (excluding diaryl/α,β-unsaturated/α-hetero) is 1. The molecule has 0 amide bonds. The lowest BCUT2D eigenvalue weighted by Gasteiger charge is -2.34. The summed E-state index contributed by atoms with van der Waals surface area (Å²) in [6, 6.07) is 4.94.